The van der Waals surface area contributed by atoms with Gasteiger partial charge in [0, 0.05) is 11.8 Å². The first-order valence-electron chi connectivity index (χ1n) is 7.50. The van der Waals surface area contributed by atoms with Gasteiger partial charge >= 0.3 is 0 Å². The van der Waals surface area contributed by atoms with Crippen LogP contribution < -0.4 is 10.2 Å². The molecule has 0 saturated carbocycles. The molecule has 0 radical (unpaired) electrons. The van der Waals surface area contributed by atoms with E-state index in [-0.39, 0.29) is 5.91 Å². The summed E-state index contributed by atoms with van der Waals surface area (Å²) in [6.45, 7) is 0. The average Bonchev–Trinajstić information content (AvgIpc) is 2.76. The number of anilines is 3. The Kier molecular flexibility index (Phi) is 3.31. The third kappa shape index (κ3) is 2.23. The first-order valence-corrected chi connectivity index (χ1v) is 7.50. The molecule has 1 aliphatic heterocycles. The van der Waals surface area contributed by atoms with Crippen LogP contribution in [0.4, 0.5) is 17.2 Å². The van der Waals surface area contributed by atoms with Crippen LogP contribution in [-0.4, -0.2) is 16.8 Å². The maximum atomic E-state index is 13.0. The molecule has 4 rings (SSSR count). The SMILES string of the molecule is O=C(c1ccccc1)N1C(=O)c2cccnc2Nc2ccccc21. The Balaban J connectivity index is 1.91. The Morgan fingerprint density at radius 2 is 1.67 bits per heavy atom. The Morgan fingerprint density at radius 3 is 2.50 bits per heavy atom. The van der Waals surface area contributed by atoms with Gasteiger partial charge in [0.2, 0.25) is 0 Å². The molecular weight excluding hydrogens is 302 g/mol. The van der Waals surface area contributed by atoms with Crippen LogP contribution >= 0.6 is 0 Å². The minimum absolute atomic E-state index is 0.359. The van der Waals surface area contributed by atoms with E-state index in [4.69, 9.17) is 0 Å². The molecule has 24 heavy (non-hydrogen) atoms. The number of carbonyl (C=O) groups is 2. The van der Waals surface area contributed by atoms with Gasteiger partial charge in [0.05, 0.1) is 16.9 Å². The van der Waals surface area contributed by atoms with E-state index in [9.17, 15) is 9.59 Å². The van der Waals surface area contributed by atoms with Gasteiger partial charge in [-0.05, 0) is 36.4 Å². The number of hydrogen-bond donors (Lipinski definition) is 1. The molecule has 1 aliphatic rings. The van der Waals surface area contributed by atoms with Gasteiger partial charge in [0.15, 0.2) is 0 Å². The fourth-order valence-corrected chi connectivity index (χ4v) is 2.72. The maximum Gasteiger partial charge on any atom is 0.269 e. The lowest BCUT2D eigenvalue weighted by atomic mass is 10.1. The van der Waals surface area contributed by atoms with Crippen LogP contribution in [0, 0.1) is 0 Å². The molecule has 0 saturated heterocycles. The largest absolute Gasteiger partial charge is 0.338 e. The number of carbonyl (C=O) groups excluding carboxylic acids is 2. The Bertz CT molecular complexity index is 938. The van der Waals surface area contributed by atoms with E-state index in [2.05, 4.69) is 10.3 Å². The highest BCUT2D eigenvalue weighted by Crippen LogP contribution is 2.35. The van der Waals surface area contributed by atoms with Crippen LogP contribution in [0.2, 0.25) is 0 Å². The number of imide groups is 1. The second-order valence-corrected chi connectivity index (χ2v) is 5.35. The van der Waals surface area contributed by atoms with E-state index in [1.165, 1.54) is 4.90 Å². The summed E-state index contributed by atoms with van der Waals surface area (Å²) in [5.74, 6) is -0.325. The lowest BCUT2D eigenvalue weighted by molar-refractivity contribution is 0.0898. The second-order valence-electron chi connectivity index (χ2n) is 5.35. The monoisotopic (exact) mass is 315 g/mol. The minimum Gasteiger partial charge on any atom is -0.338 e. The molecule has 0 atom stereocenters. The fourth-order valence-electron chi connectivity index (χ4n) is 2.72. The molecule has 0 bridgehead atoms. The number of para-hydroxylation sites is 2. The second kappa shape index (κ2) is 5.62. The van der Waals surface area contributed by atoms with Gasteiger partial charge in [-0.2, -0.15) is 0 Å². The normalized spacial score (nSPS) is 12.7. The van der Waals surface area contributed by atoms with Gasteiger partial charge in [-0.25, -0.2) is 9.88 Å². The topological polar surface area (TPSA) is 62.3 Å². The Morgan fingerprint density at radius 1 is 0.917 bits per heavy atom. The van der Waals surface area contributed by atoms with Crippen molar-refractivity contribution in [2.75, 3.05) is 10.2 Å². The summed E-state index contributed by atoms with van der Waals surface area (Å²) in [6.07, 6.45) is 1.61. The zero-order valence-corrected chi connectivity index (χ0v) is 12.6. The van der Waals surface area contributed by atoms with E-state index in [0.29, 0.717) is 28.3 Å². The molecule has 0 aliphatic carbocycles. The highest BCUT2D eigenvalue weighted by Gasteiger charge is 2.32. The van der Waals surface area contributed by atoms with Gasteiger partial charge < -0.3 is 5.32 Å². The van der Waals surface area contributed by atoms with Crippen molar-refractivity contribution in [3.63, 3.8) is 0 Å². The van der Waals surface area contributed by atoms with E-state index in [1.807, 2.05) is 18.2 Å². The van der Waals surface area contributed by atoms with Crippen molar-refractivity contribution in [1.82, 2.24) is 4.98 Å². The third-order valence-electron chi connectivity index (χ3n) is 3.86. The molecule has 1 N–H and O–H groups in total. The summed E-state index contributed by atoms with van der Waals surface area (Å²) in [5, 5.41) is 3.14. The quantitative estimate of drug-likeness (QED) is 0.697. The van der Waals surface area contributed by atoms with Gasteiger partial charge in [-0.15, -0.1) is 0 Å². The summed E-state index contributed by atoms with van der Waals surface area (Å²) in [4.78, 5) is 31.5. The van der Waals surface area contributed by atoms with Crippen LogP contribution in [0.5, 0.6) is 0 Å². The number of nitrogens with one attached hydrogen (secondary N) is 1. The van der Waals surface area contributed by atoms with Crippen molar-refractivity contribution in [2.24, 2.45) is 0 Å². The van der Waals surface area contributed by atoms with Crippen LogP contribution in [0.15, 0.2) is 72.9 Å². The summed E-state index contributed by atoms with van der Waals surface area (Å²) in [5.41, 5.74) is 1.98. The summed E-state index contributed by atoms with van der Waals surface area (Å²) >= 11 is 0. The van der Waals surface area contributed by atoms with E-state index >= 15 is 0 Å². The number of hydrogen-bond acceptors (Lipinski definition) is 4. The number of benzene rings is 2. The van der Waals surface area contributed by atoms with Crippen LogP contribution in [0.3, 0.4) is 0 Å². The number of pyridine rings is 1. The van der Waals surface area contributed by atoms with Gasteiger partial charge in [0.1, 0.15) is 5.82 Å². The summed E-state index contributed by atoms with van der Waals surface area (Å²) in [7, 11) is 0. The zero-order chi connectivity index (χ0) is 16.5. The average molecular weight is 315 g/mol. The third-order valence-corrected chi connectivity index (χ3v) is 3.86. The maximum absolute atomic E-state index is 13.0. The molecule has 2 heterocycles. The van der Waals surface area contributed by atoms with Crippen molar-refractivity contribution >= 4 is 29.0 Å². The number of amides is 2. The lowest BCUT2D eigenvalue weighted by Crippen LogP contribution is -2.36. The zero-order valence-electron chi connectivity index (χ0n) is 12.6. The van der Waals surface area contributed by atoms with Crippen LogP contribution in [0.25, 0.3) is 0 Å². The molecular formula is C19H13N3O2. The van der Waals surface area contributed by atoms with Crippen molar-refractivity contribution in [3.8, 4) is 0 Å². The number of nitrogens with zero attached hydrogens (tertiary/aromatic N) is 2. The highest BCUT2D eigenvalue weighted by molar-refractivity contribution is 6.28. The predicted molar refractivity (Wildman–Crippen MR) is 91.5 cm³/mol. The lowest BCUT2D eigenvalue weighted by Gasteiger charge is -2.20. The summed E-state index contributed by atoms with van der Waals surface area (Å²) < 4.78 is 0. The highest BCUT2D eigenvalue weighted by atomic mass is 16.2. The molecule has 5 nitrogen and oxygen atoms in total. The molecule has 1 aromatic heterocycles. The number of rotatable bonds is 1. The fraction of sp³-hybridized carbons (Fsp3) is 0. The van der Waals surface area contributed by atoms with Gasteiger partial charge in [-0.1, -0.05) is 30.3 Å². The minimum atomic E-state index is -0.399. The van der Waals surface area contributed by atoms with Crippen molar-refractivity contribution in [3.05, 3.63) is 84.1 Å². The number of fused-ring (bicyclic) bond motifs is 2. The van der Waals surface area contributed by atoms with Crippen LogP contribution in [-0.2, 0) is 0 Å². The molecule has 5 heteroatoms. The van der Waals surface area contributed by atoms with Crippen molar-refractivity contribution in [2.45, 2.75) is 0 Å². The first kappa shape index (κ1) is 14.1. The van der Waals surface area contributed by atoms with Crippen LogP contribution in [0.1, 0.15) is 20.7 Å². The molecule has 3 aromatic rings. The molecule has 0 spiro atoms. The van der Waals surface area contributed by atoms with E-state index < -0.39 is 5.91 Å². The molecule has 2 amide bonds. The smallest absolute Gasteiger partial charge is 0.269 e. The van der Waals surface area contributed by atoms with Crippen molar-refractivity contribution < 1.29 is 9.59 Å². The van der Waals surface area contributed by atoms with E-state index in [0.717, 1.165) is 0 Å². The van der Waals surface area contributed by atoms with Gasteiger partial charge in [0.25, 0.3) is 11.8 Å². The predicted octanol–water partition coefficient (Wildman–Crippen LogP) is 3.63. The first-order chi connectivity index (χ1) is 11.8. The number of aromatic nitrogens is 1. The molecule has 2 aromatic carbocycles. The molecule has 116 valence electrons. The molecule has 0 unspecified atom stereocenters. The standard InChI is InChI=1S/C19H13N3O2/c23-18(13-7-2-1-3-8-13)22-16-11-5-4-10-15(16)21-17-14(19(22)24)9-6-12-20-17/h1-12H,(H,20,21). The summed E-state index contributed by atoms with van der Waals surface area (Å²) in [6, 6.07) is 19.3. The van der Waals surface area contributed by atoms with Gasteiger partial charge in [-0.3, -0.25) is 9.59 Å². The Labute approximate surface area is 138 Å². The van der Waals surface area contributed by atoms with Crippen molar-refractivity contribution in [1.29, 1.82) is 0 Å². The van der Waals surface area contributed by atoms with E-state index in [1.54, 1.807) is 54.7 Å². The Hall–Kier alpha value is -3.47. The molecule has 0 fully saturated rings.